The number of carbonyl (C=O) groups excluding carboxylic acids is 1. The molecular weight excluding hydrogens is 266 g/mol. The smallest absolute Gasteiger partial charge is 0.281 e. The fourth-order valence-electron chi connectivity index (χ4n) is 1.58. The molecule has 1 N–H and O–H groups in total. The van der Waals surface area contributed by atoms with Gasteiger partial charge in [0.15, 0.2) is 0 Å². The molecule has 0 saturated heterocycles. The average molecular weight is 278 g/mol. The van der Waals surface area contributed by atoms with Crippen molar-refractivity contribution in [1.82, 2.24) is 0 Å². The number of anilines is 1. The maximum atomic E-state index is 12.0. The summed E-state index contributed by atoms with van der Waals surface area (Å²) < 4.78 is 5.00. The monoisotopic (exact) mass is 277 g/mol. The van der Waals surface area contributed by atoms with Crippen LogP contribution in [-0.4, -0.2) is 18.2 Å². The average Bonchev–Trinajstić information content (AvgIpc) is 2.46. The van der Waals surface area contributed by atoms with E-state index in [-0.39, 0.29) is 0 Å². The van der Waals surface area contributed by atoms with Gasteiger partial charge in [0.2, 0.25) is 0 Å². The van der Waals surface area contributed by atoms with Crippen LogP contribution in [-0.2, 0) is 0 Å². The molecule has 19 heavy (non-hydrogen) atoms. The first kappa shape index (κ1) is 13.4. The summed E-state index contributed by atoms with van der Waals surface area (Å²) >= 11 is 5.81. The van der Waals surface area contributed by atoms with Gasteiger partial charge < -0.3 is 4.74 Å². The van der Waals surface area contributed by atoms with E-state index >= 15 is 0 Å². The number of hydrogen-bond acceptors (Lipinski definition) is 3. The zero-order chi connectivity index (χ0) is 13.8. The molecule has 2 aromatic rings. The van der Waals surface area contributed by atoms with Crippen molar-refractivity contribution in [3.8, 4) is 5.75 Å². The molecule has 0 aliphatic carbocycles. The van der Waals surface area contributed by atoms with Crippen LogP contribution in [0.1, 0.15) is 10.4 Å². The first-order valence-corrected chi connectivity index (χ1v) is 5.92. The predicted molar refractivity (Wildman–Crippen MR) is 73.0 cm³/mol. The Morgan fingerprint density at radius 3 is 2.47 bits per heavy atom. The Bertz CT molecular complexity index is 583. The van der Waals surface area contributed by atoms with Crippen LogP contribution in [0.25, 0.3) is 0 Å². The van der Waals surface area contributed by atoms with E-state index in [1.165, 1.54) is 6.07 Å². The van der Waals surface area contributed by atoms with Crippen LogP contribution in [0.5, 0.6) is 5.75 Å². The lowest BCUT2D eigenvalue weighted by Gasteiger charge is -2.15. The molecule has 2 aromatic carbocycles. The van der Waals surface area contributed by atoms with Crippen LogP contribution in [0.4, 0.5) is 5.69 Å². The van der Waals surface area contributed by atoms with Crippen LogP contribution in [0.15, 0.2) is 48.5 Å². The van der Waals surface area contributed by atoms with Crippen molar-refractivity contribution in [2.24, 2.45) is 0 Å². The molecule has 1 amide bonds. The Hall–Kier alpha value is -2.04. The number of ether oxygens (including phenoxy) is 1. The number of carbonyl (C=O) groups is 1. The molecule has 0 spiro atoms. The number of nitrogens with zero attached hydrogens (tertiary/aromatic N) is 1. The molecule has 0 unspecified atom stereocenters. The van der Waals surface area contributed by atoms with Crippen molar-refractivity contribution >= 4 is 23.2 Å². The van der Waals surface area contributed by atoms with E-state index in [4.69, 9.17) is 16.3 Å². The largest absolute Gasteiger partial charge is 0.497 e. The van der Waals surface area contributed by atoms with E-state index in [2.05, 4.69) is 0 Å². The second-order valence-corrected chi connectivity index (χ2v) is 4.26. The number of hydrogen-bond donors (Lipinski definition) is 1. The van der Waals surface area contributed by atoms with E-state index in [0.29, 0.717) is 27.1 Å². The van der Waals surface area contributed by atoms with E-state index in [1.807, 2.05) is 0 Å². The van der Waals surface area contributed by atoms with E-state index < -0.39 is 5.91 Å². The minimum atomic E-state index is -0.537. The summed E-state index contributed by atoms with van der Waals surface area (Å²) in [5.41, 5.74) is 0.664. The summed E-state index contributed by atoms with van der Waals surface area (Å²) in [4.78, 5) is 12.0. The SMILES string of the molecule is COc1ccc(C(=O)N(O)c2cccc(Cl)c2)cc1. The summed E-state index contributed by atoms with van der Waals surface area (Å²) in [6.07, 6.45) is 0. The van der Waals surface area contributed by atoms with Crippen molar-refractivity contribution < 1.29 is 14.7 Å². The molecule has 4 nitrogen and oxygen atoms in total. The number of benzene rings is 2. The topological polar surface area (TPSA) is 49.8 Å². The van der Waals surface area contributed by atoms with Crippen molar-refractivity contribution in [2.45, 2.75) is 0 Å². The fraction of sp³-hybridized carbons (Fsp3) is 0.0714. The van der Waals surface area contributed by atoms with Gasteiger partial charge in [-0.1, -0.05) is 17.7 Å². The van der Waals surface area contributed by atoms with Gasteiger partial charge in [-0.05, 0) is 42.5 Å². The quantitative estimate of drug-likeness (QED) is 0.691. The van der Waals surface area contributed by atoms with Gasteiger partial charge in [-0.25, -0.2) is 0 Å². The molecule has 0 bridgehead atoms. The number of halogens is 1. The summed E-state index contributed by atoms with van der Waals surface area (Å²) in [5, 5.41) is 10.9. The molecule has 0 heterocycles. The molecule has 0 radical (unpaired) electrons. The van der Waals surface area contributed by atoms with Crippen molar-refractivity contribution in [3.05, 3.63) is 59.1 Å². The summed E-state index contributed by atoms with van der Waals surface area (Å²) in [7, 11) is 1.54. The molecule has 0 saturated carbocycles. The fourth-order valence-corrected chi connectivity index (χ4v) is 1.77. The minimum absolute atomic E-state index is 0.313. The van der Waals surface area contributed by atoms with Crippen LogP contribution in [0.2, 0.25) is 5.02 Å². The predicted octanol–water partition coefficient (Wildman–Crippen LogP) is 3.38. The second-order valence-electron chi connectivity index (χ2n) is 3.83. The second kappa shape index (κ2) is 5.73. The zero-order valence-electron chi connectivity index (χ0n) is 10.2. The Morgan fingerprint density at radius 2 is 1.89 bits per heavy atom. The van der Waals surface area contributed by atoms with Gasteiger partial charge >= 0.3 is 0 Å². The molecule has 98 valence electrons. The molecule has 0 aliphatic rings. The molecule has 0 aromatic heterocycles. The van der Waals surface area contributed by atoms with Crippen LogP contribution < -0.4 is 9.80 Å². The Balaban J connectivity index is 2.23. The summed E-state index contributed by atoms with van der Waals surface area (Å²) in [6, 6.07) is 12.9. The number of amides is 1. The number of rotatable bonds is 3. The van der Waals surface area contributed by atoms with Crippen molar-refractivity contribution in [2.75, 3.05) is 12.2 Å². The normalized spacial score (nSPS) is 10.1. The first-order chi connectivity index (χ1) is 9.11. The highest BCUT2D eigenvalue weighted by Crippen LogP contribution is 2.20. The maximum absolute atomic E-state index is 12.0. The van der Waals surface area contributed by atoms with Gasteiger partial charge in [-0.3, -0.25) is 10.0 Å². The molecular formula is C14H12ClNO3. The van der Waals surface area contributed by atoms with E-state index in [1.54, 1.807) is 49.6 Å². The molecule has 0 fully saturated rings. The lowest BCUT2D eigenvalue weighted by molar-refractivity contribution is 0.0855. The standard InChI is InChI=1S/C14H12ClNO3/c1-19-13-7-5-10(6-8-13)14(17)16(18)12-4-2-3-11(15)9-12/h2-9,18H,1H3. The highest BCUT2D eigenvalue weighted by atomic mass is 35.5. The zero-order valence-corrected chi connectivity index (χ0v) is 11.0. The Morgan fingerprint density at radius 1 is 1.21 bits per heavy atom. The van der Waals surface area contributed by atoms with E-state index in [9.17, 15) is 10.0 Å². The number of hydroxylamine groups is 1. The van der Waals surface area contributed by atoms with Crippen LogP contribution in [0, 0.1) is 0 Å². The molecule has 5 heteroatoms. The van der Waals surface area contributed by atoms with Crippen molar-refractivity contribution in [1.29, 1.82) is 0 Å². The highest BCUT2D eigenvalue weighted by Gasteiger charge is 2.15. The highest BCUT2D eigenvalue weighted by molar-refractivity contribution is 6.30. The molecule has 0 atom stereocenters. The van der Waals surface area contributed by atoms with E-state index in [0.717, 1.165) is 0 Å². The van der Waals surface area contributed by atoms with Gasteiger partial charge in [0.25, 0.3) is 5.91 Å². The summed E-state index contributed by atoms with van der Waals surface area (Å²) in [6.45, 7) is 0. The Labute approximate surface area is 115 Å². The van der Waals surface area contributed by atoms with Gasteiger partial charge in [0, 0.05) is 10.6 Å². The number of methoxy groups -OCH3 is 1. The van der Waals surface area contributed by atoms with Gasteiger partial charge in [0.05, 0.1) is 12.8 Å². The van der Waals surface area contributed by atoms with Crippen LogP contribution >= 0.6 is 11.6 Å². The lowest BCUT2D eigenvalue weighted by atomic mass is 10.2. The van der Waals surface area contributed by atoms with Gasteiger partial charge in [-0.15, -0.1) is 0 Å². The Kier molecular flexibility index (Phi) is 4.04. The lowest BCUT2D eigenvalue weighted by Crippen LogP contribution is -2.26. The van der Waals surface area contributed by atoms with Crippen LogP contribution in [0.3, 0.4) is 0 Å². The molecule has 0 aliphatic heterocycles. The molecule has 2 rings (SSSR count). The van der Waals surface area contributed by atoms with Crippen molar-refractivity contribution in [3.63, 3.8) is 0 Å². The first-order valence-electron chi connectivity index (χ1n) is 5.55. The van der Waals surface area contributed by atoms with Gasteiger partial charge in [0.1, 0.15) is 5.75 Å². The summed E-state index contributed by atoms with van der Waals surface area (Å²) in [5.74, 6) is 0.105. The third-order valence-electron chi connectivity index (χ3n) is 2.58. The third-order valence-corrected chi connectivity index (χ3v) is 2.82. The van der Waals surface area contributed by atoms with Gasteiger partial charge in [-0.2, -0.15) is 5.06 Å². The third kappa shape index (κ3) is 3.05. The maximum Gasteiger partial charge on any atom is 0.281 e. The minimum Gasteiger partial charge on any atom is -0.497 e.